The van der Waals surface area contributed by atoms with E-state index in [2.05, 4.69) is 40.9 Å². The number of nitrogens with zero attached hydrogens (tertiary/aromatic N) is 1. The molecule has 7 heteroatoms. The van der Waals surface area contributed by atoms with Crippen molar-refractivity contribution in [2.45, 2.75) is 37.6 Å². The van der Waals surface area contributed by atoms with Crippen LogP contribution in [0, 0.1) is 6.92 Å². The first-order chi connectivity index (χ1) is 13.4. The van der Waals surface area contributed by atoms with Gasteiger partial charge in [-0.2, -0.15) is 0 Å². The minimum Gasteiger partial charge on any atom is -0.370 e. The van der Waals surface area contributed by atoms with E-state index < -0.39 is 10.0 Å². The second kappa shape index (κ2) is 8.75. The molecule has 0 atom stereocenters. The summed E-state index contributed by atoms with van der Waals surface area (Å²) in [6.45, 7) is 6.21. The minimum absolute atomic E-state index is 0.0581. The molecule has 6 nitrogen and oxygen atoms in total. The average molecular weight is 402 g/mol. The van der Waals surface area contributed by atoms with Gasteiger partial charge in [0.05, 0.1) is 4.90 Å². The Bertz CT molecular complexity index is 922. The van der Waals surface area contributed by atoms with Gasteiger partial charge in [0.15, 0.2) is 0 Å². The SMILES string of the molecule is CCN(CCNC(=O)c1ccc(S(=O)(=O)NC2CC2)cc1)c1ccccc1C. The molecular weight excluding hydrogens is 374 g/mol. The van der Waals surface area contributed by atoms with Crippen LogP contribution in [0.1, 0.15) is 35.7 Å². The van der Waals surface area contributed by atoms with Crippen molar-refractivity contribution in [3.05, 3.63) is 59.7 Å². The Balaban J connectivity index is 1.55. The molecule has 2 N–H and O–H groups in total. The summed E-state index contributed by atoms with van der Waals surface area (Å²) in [5, 5.41) is 2.91. The van der Waals surface area contributed by atoms with Crippen LogP contribution in [0.15, 0.2) is 53.4 Å². The van der Waals surface area contributed by atoms with Crippen molar-refractivity contribution < 1.29 is 13.2 Å². The number of hydrogen-bond acceptors (Lipinski definition) is 4. The number of aryl methyl sites for hydroxylation is 1. The van der Waals surface area contributed by atoms with E-state index in [4.69, 9.17) is 0 Å². The summed E-state index contributed by atoms with van der Waals surface area (Å²) in [5.74, 6) is -0.208. The predicted octanol–water partition coefficient (Wildman–Crippen LogP) is 2.69. The highest BCUT2D eigenvalue weighted by atomic mass is 32.2. The second-order valence-electron chi connectivity index (χ2n) is 7.04. The first-order valence-electron chi connectivity index (χ1n) is 9.62. The molecule has 2 aromatic rings. The first-order valence-corrected chi connectivity index (χ1v) is 11.1. The summed E-state index contributed by atoms with van der Waals surface area (Å²) >= 11 is 0. The smallest absolute Gasteiger partial charge is 0.251 e. The maximum Gasteiger partial charge on any atom is 0.251 e. The van der Waals surface area contributed by atoms with Crippen molar-refractivity contribution in [2.75, 3.05) is 24.5 Å². The summed E-state index contributed by atoms with van der Waals surface area (Å²) in [6, 6.07) is 14.3. The Morgan fingerprint density at radius 3 is 2.39 bits per heavy atom. The summed E-state index contributed by atoms with van der Waals surface area (Å²) in [4.78, 5) is 14.8. The minimum atomic E-state index is -3.49. The highest BCUT2D eigenvalue weighted by Gasteiger charge is 2.27. The molecule has 0 bridgehead atoms. The molecule has 1 aliphatic carbocycles. The number of anilines is 1. The van der Waals surface area contributed by atoms with Crippen molar-refractivity contribution >= 4 is 21.6 Å². The Labute approximate surface area is 167 Å². The summed E-state index contributed by atoms with van der Waals surface area (Å²) in [5.41, 5.74) is 2.81. The Hall–Kier alpha value is -2.38. The molecule has 1 aliphatic rings. The van der Waals surface area contributed by atoms with Gasteiger partial charge < -0.3 is 10.2 Å². The molecule has 0 aromatic heterocycles. The first kappa shape index (κ1) is 20.4. The van der Waals surface area contributed by atoms with Gasteiger partial charge in [-0.05, 0) is 62.6 Å². The van der Waals surface area contributed by atoms with Crippen molar-refractivity contribution in [1.29, 1.82) is 0 Å². The van der Waals surface area contributed by atoms with Gasteiger partial charge in [-0.15, -0.1) is 0 Å². The molecule has 0 spiro atoms. The second-order valence-corrected chi connectivity index (χ2v) is 8.76. The number of rotatable bonds is 9. The Kier molecular flexibility index (Phi) is 6.36. The zero-order valence-electron chi connectivity index (χ0n) is 16.3. The van der Waals surface area contributed by atoms with Gasteiger partial charge in [-0.1, -0.05) is 18.2 Å². The third-order valence-electron chi connectivity index (χ3n) is 4.83. The molecule has 0 heterocycles. The van der Waals surface area contributed by atoms with Gasteiger partial charge in [0.1, 0.15) is 0 Å². The maximum atomic E-state index is 12.4. The van der Waals surface area contributed by atoms with E-state index in [9.17, 15) is 13.2 Å². The van der Waals surface area contributed by atoms with E-state index in [1.54, 1.807) is 12.1 Å². The number of carbonyl (C=O) groups excluding carboxylic acids is 1. The largest absolute Gasteiger partial charge is 0.370 e. The van der Waals surface area contributed by atoms with Gasteiger partial charge in [-0.3, -0.25) is 4.79 Å². The van der Waals surface area contributed by atoms with E-state index in [0.717, 1.165) is 25.1 Å². The molecule has 150 valence electrons. The topological polar surface area (TPSA) is 78.5 Å². The lowest BCUT2D eigenvalue weighted by molar-refractivity contribution is 0.0954. The summed E-state index contributed by atoms with van der Waals surface area (Å²) < 4.78 is 27.0. The lowest BCUT2D eigenvalue weighted by Gasteiger charge is -2.25. The number of nitrogens with one attached hydrogen (secondary N) is 2. The summed E-state index contributed by atoms with van der Waals surface area (Å²) in [7, 11) is -3.49. The molecule has 1 saturated carbocycles. The normalized spacial score (nSPS) is 13.9. The van der Waals surface area contributed by atoms with Gasteiger partial charge in [0.25, 0.3) is 5.91 Å². The molecule has 0 unspecified atom stereocenters. The van der Waals surface area contributed by atoms with Crippen LogP contribution in [0.2, 0.25) is 0 Å². The van der Waals surface area contributed by atoms with Crippen LogP contribution in [0.4, 0.5) is 5.69 Å². The number of benzene rings is 2. The zero-order valence-corrected chi connectivity index (χ0v) is 17.1. The van der Waals surface area contributed by atoms with Gasteiger partial charge in [0, 0.05) is 36.9 Å². The molecule has 28 heavy (non-hydrogen) atoms. The molecule has 0 saturated heterocycles. The van der Waals surface area contributed by atoms with E-state index >= 15 is 0 Å². The lowest BCUT2D eigenvalue weighted by atomic mass is 10.2. The van der Waals surface area contributed by atoms with Gasteiger partial charge >= 0.3 is 0 Å². The zero-order chi connectivity index (χ0) is 20.1. The van der Waals surface area contributed by atoms with Crippen LogP contribution in [0.5, 0.6) is 0 Å². The Morgan fingerprint density at radius 2 is 1.79 bits per heavy atom. The number of hydrogen-bond donors (Lipinski definition) is 2. The fourth-order valence-electron chi connectivity index (χ4n) is 3.05. The molecule has 1 fully saturated rings. The number of amides is 1. The standard InChI is InChI=1S/C21H27N3O3S/c1-3-24(20-7-5-4-6-16(20)2)15-14-22-21(25)17-8-12-19(13-9-17)28(26,27)23-18-10-11-18/h4-9,12-13,18,23H,3,10-11,14-15H2,1-2H3,(H,22,25). The fourth-order valence-corrected chi connectivity index (χ4v) is 4.35. The number of likely N-dealkylation sites (N-methyl/N-ethyl adjacent to an activating group) is 1. The molecule has 3 rings (SSSR count). The van der Waals surface area contributed by atoms with Crippen LogP contribution < -0.4 is 14.9 Å². The molecule has 1 amide bonds. The van der Waals surface area contributed by atoms with Crippen LogP contribution in [-0.4, -0.2) is 40.0 Å². The molecule has 0 aliphatic heterocycles. The van der Waals surface area contributed by atoms with Crippen LogP contribution in [0.25, 0.3) is 0 Å². The van der Waals surface area contributed by atoms with Gasteiger partial charge in [0.2, 0.25) is 10.0 Å². The van der Waals surface area contributed by atoms with Crippen LogP contribution in [0.3, 0.4) is 0 Å². The molecular formula is C21H27N3O3S. The van der Waals surface area contributed by atoms with E-state index in [1.165, 1.54) is 17.7 Å². The summed E-state index contributed by atoms with van der Waals surface area (Å²) in [6.07, 6.45) is 1.77. The lowest BCUT2D eigenvalue weighted by Crippen LogP contribution is -2.35. The third-order valence-corrected chi connectivity index (χ3v) is 6.37. The van der Waals surface area contributed by atoms with E-state index in [0.29, 0.717) is 18.7 Å². The fraction of sp³-hybridized carbons (Fsp3) is 0.381. The average Bonchev–Trinajstić information content (AvgIpc) is 3.49. The number of para-hydroxylation sites is 1. The molecule has 0 radical (unpaired) electrons. The molecule has 2 aromatic carbocycles. The highest BCUT2D eigenvalue weighted by Crippen LogP contribution is 2.22. The van der Waals surface area contributed by atoms with Crippen LogP contribution in [-0.2, 0) is 10.0 Å². The predicted molar refractivity (Wildman–Crippen MR) is 111 cm³/mol. The third kappa shape index (κ3) is 5.11. The van der Waals surface area contributed by atoms with Crippen LogP contribution >= 0.6 is 0 Å². The quantitative estimate of drug-likeness (QED) is 0.677. The highest BCUT2D eigenvalue weighted by molar-refractivity contribution is 7.89. The van der Waals surface area contributed by atoms with Crippen molar-refractivity contribution in [3.8, 4) is 0 Å². The monoisotopic (exact) mass is 401 g/mol. The van der Waals surface area contributed by atoms with Gasteiger partial charge in [-0.25, -0.2) is 13.1 Å². The Morgan fingerprint density at radius 1 is 1.11 bits per heavy atom. The number of sulfonamides is 1. The van der Waals surface area contributed by atoms with Crippen molar-refractivity contribution in [1.82, 2.24) is 10.0 Å². The number of carbonyl (C=O) groups is 1. The van der Waals surface area contributed by atoms with Crippen molar-refractivity contribution in [3.63, 3.8) is 0 Å². The maximum absolute atomic E-state index is 12.4. The van der Waals surface area contributed by atoms with E-state index in [-0.39, 0.29) is 16.8 Å². The van der Waals surface area contributed by atoms with Crippen molar-refractivity contribution in [2.24, 2.45) is 0 Å². The van der Waals surface area contributed by atoms with E-state index in [1.807, 2.05) is 12.1 Å².